The molecule has 0 aliphatic carbocycles. The molecule has 4 aromatic rings. The SMILES string of the molecule is CC(C)n1cnnc1CNc1ncnc2cc(-c3ccc(Cl)cc3)sc12. The van der Waals surface area contributed by atoms with Gasteiger partial charge in [-0.1, -0.05) is 23.7 Å². The van der Waals surface area contributed by atoms with E-state index in [0.717, 1.165) is 37.3 Å². The van der Waals surface area contributed by atoms with Gasteiger partial charge in [-0.25, -0.2) is 9.97 Å². The highest BCUT2D eigenvalue weighted by molar-refractivity contribution is 7.22. The molecule has 26 heavy (non-hydrogen) atoms. The molecule has 0 fully saturated rings. The van der Waals surface area contributed by atoms with Gasteiger partial charge in [-0.3, -0.25) is 0 Å². The van der Waals surface area contributed by atoms with E-state index < -0.39 is 0 Å². The number of halogens is 1. The molecule has 132 valence electrons. The van der Waals surface area contributed by atoms with Crippen molar-refractivity contribution in [3.63, 3.8) is 0 Å². The first kappa shape index (κ1) is 16.9. The van der Waals surface area contributed by atoms with Crippen molar-refractivity contribution < 1.29 is 0 Å². The van der Waals surface area contributed by atoms with Crippen molar-refractivity contribution in [2.24, 2.45) is 0 Å². The van der Waals surface area contributed by atoms with Crippen LogP contribution in [0.5, 0.6) is 0 Å². The minimum absolute atomic E-state index is 0.311. The number of aromatic nitrogens is 5. The minimum Gasteiger partial charge on any atom is -0.361 e. The van der Waals surface area contributed by atoms with Crippen LogP contribution in [0.4, 0.5) is 5.82 Å². The molecule has 4 rings (SSSR count). The van der Waals surface area contributed by atoms with Crippen molar-refractivity contribution >= 4 is 39.0 Å². The zero-order chi connectivity index (χ0) is 18.1. The first-order valence-corrected chi connectivity index (χ1v) is 9.44. The molecule has 0 radical (unpaired) electrons. The Hall–Kier alpha value is -2.51. The van der Waals surface area contributed by atoms with Crippen LogP contribution in [0.15, 0.2) is 43.0 Å². The maximum absolute atomic E-state index is 5.99. The summed E-state index contributed by atoms with van der Waals surface area (Å²) in [7, 11) is 0. The number of thiophene rings is 1. The average Bonchev–Trinajstić information content (AvgIpc) is 3.27. The Morgan fingerprint density at radius 3 is 2.77 bits per heavy atom. The Morgan fingerprint density at radius 1 is 1.19 bits per heavy atom. The summed E-state index contributed by atoms with van der Waals surface area (Å²) < 4.78 is 3.06. The molecule has 1 N–H and O–H groups in total. The third-order valence-electron chi connectivity index (χ3n) is 4.06. The standard InChI is InChI=1S/C18H17ClN6S/c1-11(2)25-10-23-24-16(25)8-20-18-17-14(21-9-22-18)7-15(26-17)12-3-5-13(19)6-4-12/h3-7,9-11H,8H2,1-2H3,(H,20,21,22). The Bertz CT molecular complexity index is 1040. The Kier molecular flexibility index (Phi) is 4.57. The fourth-order valence-corrected chi connectivity index (χ4v) is 3.93. The summed E-state index contributed by atoms with van der Waals surface area (Å²) in [5.74, 6) is 1.68. The minimum atomic E-state index is 0.311. The molecule has 0 aliphatic rings. The van der Waals surface area contributed by atoms with Crippen LogP contribution >= 0.6 is 22.9 Å². The summed E-state index contributed by atoms with van der Waals surface area (Å²) in [6.45, 7) is 4.76. The van der Waals surface area contributed by atoms with E-state index in [0.29, 0.717) is 12.6 Å². The van der Waals surface area contributed by atoms with Gasteiger partial charge in [-0.05, 0) is 37.6 Å². The maximum atomic E-state index is 5.99. The van der Waals surface area contributed by atoms with E-state index in [1.54, 1.807) is 24.0 Å². The molecule has 0 saturated heterocycles. The molecular formula is C18H17ClN6S. The van der Waals surface area contributed by atoms with Gasteiger partial charge >= 0.3 is 0 Å². The lowest BCUT2D eigenvalue weighted by Crippen LogP contribution is -2.10. The molecule has 0 saturated carbocycles. The molecule has 6 nitrogen and oxygen atoms in total. The first-order chi connectivity index (χ1) is 12.6. The molecule has 0 aliphatic heterocycles. The highest BCUT2D eigenvalue weighted by atomic mass is 35.5. The highest BCUT2D eigenvalue weighted by Crippen LogP contribution is 2.36. The van der Waals surface area contributed by atoms with Gasteiger partial charge in [-0.15, -0.1) is 21.5 Å². The molecule has 3 aromatic heterocycles. The van der Waals surface area contributed by atoms with E-state index in [1.807, 2.05) is 28.8 Å². The van der Waals surface area contributed by atoms with Gasteiger partial charge in [-0.2, -0.15) is 0 Å². The van der Waals surface area contributed by atoms with Crippen molar-refractivity contribution in [1.82, 2.24) is 24.7 Å². The Morgan fingerprint density at radius 2 is 2.00 bits per heavy atom. The normalized spacial score (nSPS) is 11.4. The average molecular weight is 385 g/mol. The predicted octanol–water partition coefficient (Wildman–Crippen LogP) is 4.80. The van der Waals surface area contributed by atoms with Gasteiger partial charge < -0.3 is 9.88 Å². The number of rotatable bonds is 5. The molecule has 0 spiro atoms. The monoisotopic (exact) mass is 384 g/mol. The Balaban J connectivity index is 1.63. The van der Waals surface area contributed by atoms with Crippen molar-refractivity contribution in [2.75, 3.05) is 5.32 Å². The molecule has 0 bridgehead atoms. The van der Waals surface area contributed by atoms with E-state index >= 15 is 0 Å². The van der Waals surface area contributed by atoms with Crippen molar-refractivity contribution in [1.29, 1.82) is 0 Å². The largest absolute Gasteiger partial charge is 0.361 e. The summed E-state index contributed by atoms with van der Waals surface area (Å²) in [6.07, 6.45) is 3.33. The fourth-order valence-electron chi connectivity index (χ4n) is 2.72. The van der Waals surface area contributed by atoms with Gasteiger partial charge in [0.15, 0.2) is 5.82 Å². The number of fused-ring (bicyclic) bond motifs is 1. The summed E-state index contributed by atoms with van der Waals surface area (Å²) in [6, 6.07) is 10.2. The number of hydrogen-bond donors (Lipinski definition) is 1. The summed E-state index contributed by atoms with van der Waals surface area (Å²) in [5.41, 5.74) is 2.03. The predicted molar refractivity (Wildman–Crippen MR) is 106 cm³/mol. The number of nitrogens with one attached hydrogen (secondary N) is 1. The lowest BCUT2D eigenvalue weighted by molar-refractivity contribution is 0.572. The molecule has 8 heteroatoms. The van der Waals surface area contributed by atoms with E-state index in [9.17, 15) is 0 Å². The molecule has 3 heterocycles. The van der Waals surface area contributed by atoms with Gasteiger partial charge in [0.05, 0.1) is 16.8 Å². The van der Waals surface area contributed by atoms with E-state index in [1.165, 1.54) is 0 Å². The van der Waals surface area contributed by atoms with Gasteiger partial charge in [0, 0.05) is 15.9 Å². The second kappa shape index (κ2) is 7.01. The van der Waals surface area contributed by atoms with Crippen LogP contribution in [0.2, 0.25) is 5.02 Å². The second-order valence-electron chi connectivity index (χ2n) is 6.16. The van der Waals surface area contributed by atoms with Crippen molar-refractivity contribution in [3.8, 4) is 10.4 Å². The van der Waals surface area contributed by atoms with Crippen molar-refractivity contribution in [3.05, 3.63) is 53.8 Å². The van der Waals surface area contributed by atoms with Crippen LogP contribution < -0.4 is 5.32 Å². The third-order valence-corrected chi connectivity index (χ3v) is 5.49. The molecular weight excluding hydrogens is 368 g/mol. The number of benzene rings is 1. The second-order valence-corrected chi connectivity index (χ2v) is 7.64. The lowest BCUT2D eigenvalue weighted by atomic mass is 10.2. The number of anilines is 1. The smallest absolute Gasteiger partial charge is 0.152 e. The van der Waals surface area contributed by atoms with Gasteiger partial charge in [0.25, 0.3) is 0 Å². The summed E-state index contributed by atoms with van der Waals surface area (Å²) in [4.78, 5) is 9.94. The van der Waals surface area contributed by atoms with Crippen LogP contribution in [0.3, 0.4) is 0 Å². The quantitative estimate of drug-likeness (QED) is 0.535. The maximum Gasteiger partial charge on any atom is 0.152 e. The Labute approximate surface area is 159 Å². The molecule has 1 aromatic carbocycles. The molecule has 0 amide bonds. The van der Waals surface area contributed by atoms with Crippen LogP contribution in [0.25, 0.3) is 20.7 Å². The molecule has 0 unspecified atom stereocenters. The van der Waals surface area contributed by atoms with Gasteiger partial charge in [0.2, 0.25) is 0 Å². The van der Waals surface area contributed by atoms with Crippen LogP contribution in [-0.4, -0.2) is 24.7 Å². The van der Waals surface area contributed by atoms with Crippen LogP contribution in [0, 0.1) is 0 Å². The summed E-state index contributed by atoms with van der Waals surface area (Å²) in [5, 5.41) is 12.3. The number of nitrogens with zero attached hydrogens (tertiary/aromatic N) is 5. The van der Waals surface area contributed by atoms with Crippen molar-refractivity contribution in [2.45, 2.75) is 26.4 Å². The van der Waals surface area contributed by atoms with E-state index in [2.05, 4.69) is 45.4 Å². The summed E-state index contributed by atoms with van der Waals surface area (Å²) >= 11 is 7.64. The fraction of sp³-hybridized carbons (Fsp3) is 0.222. The topological polar surface area (TPSA) is 68.5 Å². The van der Waals surface area contributed by atoms with Crippen LogP contribution in [-0.2, 0) is 6.54 Å². The third kappa shape index (κ3) is 3.27. The zero-order valence-corrected chi connectivity index (χ0v) is 15.9. The molecule has 0 atom stereocenters. The van der Waals surface area contributed by atoms with Gasteiger partial charge in [0.1, 0.15) is 18.5 Å². The zero-order valence-electron chi connectivity index (χ0n) is 14.3. The number of hydrogen-bond acceptors (Lipinski definition) is 6. The van der Waals surface area contributed by atoms with E-state index in [4.69, 9.17) is 11.6 Å². The first-order valence-electron chi connectivity index (χ1n) is 8.24. The highest BCUT2D eigenvalue weighted by Gasteiger charge is 2.12. The van der Waals surface area contributed by atoms with E-state index in [-0.39, 0.29) is 0 Å². The lowest BCUT2D eigenvalue weighted by Gasteiger charge is -2.11. The van der Waals surface area contributed by atoms with Crippen LogP contribution in [0.1, 0.15) is 25.7 Å².